The molecular weight excluding hydrogens is 294 g/mol. The summed E-state index contributed by atoms with van der Waals surface area (Å²) in [5, 5.41) is 10.0. The standard InChI is InChI=1S/C17H17N3OS/c1-2-15-12-7-9-22-16(12)6-8-20(15)17(21)11-4-3-5-14-13(11)10-18-19-14/h3-5,7,9-10,15H,2,6,8H2,1H3,(H,18,19). The van der Waals surface area contributed by atoms with Crippen molar-refractivity contribution in [2.45, 2.75) is 25.8 Å². The van der Waals surface area contributed by atoms with Gasteiger partial charge in [0.05, 0.1) is 23.3 Å². The van der Waals surface area contributed by atoms with Gasteiger partial charge in [0.25, 0.3) is 5.91 Å². The van der Waals surface area contributed by atoms with Gasteiger partial charge < -0.3 is 4.90 Å². The van der Waals surface area contributed by atoms with Crippen molar-refractivity contribution in [3.8, 4) is 0 Å². The minimum absolute atomic E-state index is 0.107. The quantitative estimate of drug-likeness (QED) is 0.783. The third-order valence-electron chi connectivity index (χ3n) is 4.46. The highest BCUT2D eigenvalue weighted by Crippen LogP contribution is 2.36. The van der Waals surface area contributed by atoms with Crippen LogP contribution in [0, 0.1) is 0 Å². The molecule has 1 aromatic carbocycles. The van der Waals surface area contributed by atoms with Crippen molar-refractivity contribution in [2.24, 2.45) is 0 Å². The van der Waals surface area contributed by atoms with Crippen LogP contribution in [0.3, 0.4) is 0 Å². The van der Waals surface area contributed by atoms with Crippen LogP contribution in [-0.4, -0.2) is 27.5 Å². The van der Waals surface area contributed by atoms with Crippen molar-refractivity contribution in [2.75, 3.05) is 6.54 Å². The number of nitrogens with one attached hydrogen (secondary N) is 1. The van der Waals surface area contributed by atoms with E-state index in [-0.39, 0.29) is 11.9 Å². The van der Waals surface area contributed by atoms with E-state index in [1.165, 1.54) is 10.4 Å². The molecule has 0 bridgehead atoms. The number of hydrogen-bond donors (Lipinski definition) is 1. The van der Waals surface area contributed by atoms with Gasteiger partial charge in [0.2, 0.25) is 0 Å². The predicted octanol–water partition coefficient (Wildman–Crippen LogP) is 3.77. The average molecular weight is 311 g/mol. The smallest absolute Gasteiger partial charge is 0.255 e. The second kappa shape index (κ2) is 5.25. The van der Waals surface area contributed by atoms with Crippen LogP contribution in [0.4, 0.5) is 0 Å². The number of nitrogens with zero attached hydrogens (tertiary/aromatic N) is 2. The summed E-state index contributed by atoms with van der Waals surface area (Å²) in [6.45, 7) is 2.94. The number of fused-ring (bicyclic) bond motifs is 2. The van der Waals surface area contributed by atoms with E-state index < -0.39 is 0 Å². The van der Waals surface area contributed by atoms with Crippen molar-refractivity contribution >= 4 is 28.1 Å². The topological polar surface area (TPSA) is 49.0 Å². The van der Waals surface area contributed by atoms with Gasteiger partial charge in [0.15, 0.2) is 0 Å². The number of hydrogen-bond acceptors (Lipinski definition) is 3. The zero-order valence-corrected chi connectivity index (χ0v) is 13.2. The molecule has 3 aromatic rings. The van der Waals surface area contributed by atoms with Crippen LogP contribution in [0.5, 0.6) is 0 Å². The summed E-state index contributed by atoms with van der Waals surface area (Å²) < 4.78 is 0. The maximum Gasteiger partial charge on any atom is 0.255 e. The Balaban J connectivity index is 1.75. The lowest BCUT2D eigenvalue weighted by atomic mass is 9.96. The molecular formula is C17H17N3OS. The lowest BCUT2D eigenvalue weighted by Gasteiger charge is -2.35. The van der Waals surface area contributed by atoms with E-state index in [0.717, 1.165) is 35.9 Å². The van der Waals surface area contributed by atoms with E-state index in [1.54, 1.807) is 17.5 Å². The SMILES string of the molecule is CCC1c2ccsc2CCN1C(=O)c1cccc2[nH]ncc12. The van der Waals surface area contributed by atoms with Crippen LogP contribution in [0.2, 0.25) is 0 Å². The molecule has 1 aliphatic heterocycles. The predicted molar refractivity (Wildman–Crippen MR) is 88.2 cm³/mol. The lowest BCUT2D eigenvalue weighted by molar-refractivity contribution is 0.0659. The highest BCUT2D eigenvalue weighted by atomic mass is 32.1. The average Bonchev–Trinajstić information content (AvgIpc) is 3.21. The molecule has 0 radical (unpaired) electrons. The number of rotatable bonds is 2. The van der Waals surface area contributed by atoms with Gasteiger partial charge in [-0.15, -0.1) is 11.3 Å². The molecule has 0 saturated carbocycles. The fraction of sp³-hybridized carbons (Fsp3) is 0.294. The Morgan fingerprint density at radius 3 is 3.23 bits per heavy atom. The number of carbonyl (C=O) groups is 1. The van der Waals surface area contributed by atoms with E-state index in [4.69, 9.17) is 0 Å². The molecule has 0 spiro atoms. The Kier molecular flexibility index (Phi) is 3.22. The molecule has 4 nitrogen and oxygen atoms in total. The first kappa shape index (κ1) is 13.5. The minimum atomic E-state index is 0.107. The first-order valence-corrected chi connectivity index (χ1v) is 8.47. The van der Waals surface area contributed by atoms with Crippen LogP contribution in [0.15, 0.2) is 35.8 Å². The van der Waals surface area contributed by atoms with Crippen LogP contribution < -0.4 is 0 Å². The highest BCUT2D eigenvalue weighted by molar-refractivity contribution is 7.10. The molecule has 0 saturated heterocycles. The lowest BCUT2D eigenvalue weighted by Crippen LogP contribution is -2.39. The normalized spacial score (nSPS) is 17.7. The Morgan fingerprint density at radius 2 is 2.36 bits per heavy atom. The van der Waals surface area contributed by atoms with E-state index in [0.29, 0.717) is 0 Å². The first-order chi connectivity index (χ1) is 10.8. The molecule has 5 heteroatoms. The number of amides is 1. The summed E-state index contributed by atoms with van der Waals surface area (Å²) in [5.74, 6) is 0.107. The molecule has 1 amide bonds. The Labute approximate surface area is 132 Å². The van der Waals surface area contributed by atoms with Crippen LogP contribution in [0.1, 0.15) is 40.2 Å². The number of aromatic amines is 1. The maximum atomic E-state index is 13.1. The van der Waals surface area contributed by atoms with Crippen molar-refractivity contribution < 1.29 is 4.79 Å². The van der Waals surface area contributed by atoms with Crippen molar-refractivity contribution in [3.63, 3.8) is 0 Å². The third-order valence-corrected chi connectivity index (χ3v) is 5.45. The van der Waals surface area contributed by atoms with Gasteiger partial charge >= 0.3 is 0 Å². The van der Waals surface area contributed by atoms with Gasteiger partial charge in [0, 0.05) is 16.8 Å². The Morgan fingerprint density at radius 1 is 1.45 bits per heavy atom. The molecule has 1 N–H and O–H groups in total. The molecule has 1 unspecified atom stereocenters. The molecule has 3 heterocycles. The molecule has 2 aromatic heterocycles. The van der Waals surface area contributed by atoms with Crippen LogP contribution in [-0.2, 0) is 6.42 Å². The van der Waals surface area contributed by atoms with Crippen molar-refractivity contribution in [1.82, 2.24) is 15.1 Å². The van der Waals surface area contributed by atoms with Gasteiger partial charge in [-0.3, -0.25) is 9.89 Å². The van der Waals surface area contributed by atoms with Gasteiger partial charge in [0.1, 0.15) is 0 Å². The first-order valence-electron chi connectivity index (χ1n) is 7.59. The highest BCUT2D eigenvalue weighted by Gasteiger charge is 2.31. The second-order valence-electron chi connectivity index (χ2n) is 5.61. The number of thiophene rings is 1. The summed E-state index contributed by atoms with van der Waals surface area (Å²) in [5.41, 5.74) is 2.97. The van der Waals surface area contributed by atoms with E-state index in [1.807, 2.05) is 23.1 Å². The Bertz CT molecular complexity index is 835. The molecule has 1 atom stereocenters. The van der Waals surface area contributed by atoms with Crippen LogP contribution in [0.25, 0.3) is 10.9 Å². The van der Waals surface area contributed by atoms with Gasteiger partial charge in [-0.05, 0) is 42.0 Å². The molecule has 1 aliphatic rings. The summed E-state index contributed by atoms with van der Waals surface area (Å²) >= 11 is 1.81. The van der Waals surface area contributed by atoms with E-state index in [2.05, 4.69) is 28.6 Å². The molecule has 22 heavy (non-hydrogen) atoms. The Hall–Kier alpha value is -2.14. The number of benzene rings is 1. The summed E-state index contributed by atoms with van der Waals surface area (Å²) in [4.78, 5) is 16.6. The zero-order valence-electron chi connectivity index (χ0n) is 12.4. The van der Waals surface area contributed by atoms with E-state index >= 15 is 0 Å². The second-order valence-corrected chi connectivity index (χ2v) is 6.61. The van der Waals surface area contributed by atoms with Crippen molar-refractivity contribution in [3.05, 3.63) is 51.8 Å². The monoisotopic (exact) mass is 311 g/mol. The van der Waals surface area contributed by atoms with Gasteiger partial charge in [-0.25, -0.2) is 0 Å². The van der Waals surface area contributed by atoms with Gasteiger partial charge in [-0.2, -0.15) is 5.10 Å². The fourth-order valence-electron chi connectivity index (χ4n) is 3.39. The molecule has 0 aliphatic carbocycles. The number of aromatic nitrogens is 2. The van der Waals surface area contributed by atoms with Gasteiger partial charge in [-0.1, -0.05) is 13.0 Å². The fourth-order valence-corrected chi connectivity index (χ4v) is 4.32. The third kappa shape index (κ3) is 1.96. The largest absolute Gasteiger partial charge is 0.331 e. The molecule has 112 valence electrons. The zero-order chi connectivity index (χ0) is 15.1. The molecule has 0 fully saturated rings. The molecule has 4 rings (SSSR count). The maximum absolute atomic E-state index is 13.1. The van der Waals surface area contributed by atoms with Crippen LogP contribution >= 0.6 is 11.3 Å². The summed E-state index contributed by atoms with van der Waals surface area (Å²) in [6, 6.07) is 8.12. The number of H-pyrrole nitrogens is 1. The number of carbonyl (C=O) groups excluding carboxylic acids is 1. The summed E-state index contributed by atoms with van der Waals surface area (Å²) in [6.07, 6.45) is 3.64. The van der Waals surface area contributed by atoms with E-state index in [9.17, 15) is 4.79 Å². The van der Waals surface area contributed by atoms with Crippen molar-refractivity contribution in [1.29, 1.82) is 0 Å². The minimum Gasteiger partial charge on any atom is -0.331 e. The summed E-state index contributed by atoms with van der Waals surface area (Å²) in [7, 11) is 0.